The first-order valence-corrected chi connectivity index (χ1v) is 11.0. The molecular formula is C17H19O6PS2. The predicted octanol–water partition coefficient (Wildman–Crippen LogP) is 5.26. The zero-order valence-corrected chi connectivity index (χ0v) is 16.5. The topological polar surface area (TPSA) is 71.1 Å². The van der Waals surface area contributed by atoms with Crippen LogP contribution >= 0.6 is 30.3 Å². The summed E-state index contributed by atoms with van der Waals surface area (Å²) in [5.41, 5.74) is 1.66. The van der Waals surface area contributed by atoms with Crippen molar-refractivity contribution in [3.05, 3.63) is 71.8 Å². The number of hydrogen-bond donors (Lipinski definition) is 1. The van der Waals surface area contributed by atoms with Gasteiger partial charge in [0.05, 0.1) is 19.8 Å². The Hall–Kier alpha value is -1.28. The molecule has 2 rings (SSSR count). The van der Waals surface area contributed by atoms with Crippen molar-refractivity contribution in [3.8, 4) is 0 Å². The summed E-state index contributed by atoms with van der Waals surface area (Å²) in [6.07, 6.45) is 0. The van der Waals surface area contributed by atoms with Gasteiger partial charge in [-0.2, -0.15) is 0 Å². The van der Waals surface area contributed by atoms with Crippen LogP contribution in [0.4, 0.5) is 4.79 Å². The zero-order valence-electron chi connectivity index (χ0n) is 13.9. The van der Waals surface area contributed by atoms with Crippen molar-refractivity contribution >= 4 is 35.6 Å². The van der Waals surface area contributed by atoms with Crippen molar-refractivity contribution in [1.82, 2.24) is 0 Å². The zero-order chi connectivity index (χ0) is 18.7. The Bertz CT molecular complexity index is 666. The molecule has 0 saturated carbocycles. The Kier molecular flexibility index (Phi) is 9.25. The fraction of sp³-hybridized carbons (Fsp3) is 0.235. The summed E-state index contributed by atoms with van der Waals surface area (Å²) < 4.78 is 33.8. The van der Waals surface area contributed by atoms with E-state index in [4.69, 9.17) is 18.3 Å². The smallest absolute Gasteiger partial charge is 0.455 e. The van der Waals surface area contributed by atoms with Crippen LogP contribution in [-0.2, 0) is 36.1 Å². The third-order valence-electron chi connectivity index (χ3n) is 3.09. The first-order valence-electron chi connectivity index (χ1n) is 7.71. The van der Waals surface area contributed by atoms with Crippen LogP contribution in [0.3, 0.4) is 0 Å². The molecule has 9 heteroatoms. The van der Waals surface area contributed by atoms with Crippen LogP contribution in [0, 0.1) is 0 Å². The summed E-state index contributed by atoms with van der Waals surface area (Å²) in [6, 6.07) is 18.5. The van der Waals surface area contributed by atoms with Crippen LogP contribution in [0.15, 0.2) is 60.7 Å². The summed E-state index contributed by atoms with van der Waals surface area (Å²) >= 11 is 3.72. The van der Waals surface area contributed by atoms with Gasteiger partial charge < -0.3 is 4.74 Å². The lowest BCUT2D eigenvalue weighted by Crippen LogP contribution is -2.08. The molecule has 26 heavy (non-hydrogen) atoms. The Balaban J connectivity index is 1.92. The van der Waals surface area contributed by atoms with Crippen LogP contribution in [0.5, 0.6) is 0 Å². The number of phosphoric acid groups is 1. The van der Waals surface area contributed by atoms with E-state index in [0.717, 1.165) is 11.1 Å². The van der Waals surface area contributed by atoms with E-state index in [1.807, 2.05) is 60.7 Å². The second-order valence-electron chi connectivity index (χ2n) is 4.99. The molecule has 2 aromatic carbocycles. The minimum absolute atomic E-state index is 0.0686. The summed E-state index contributed by atoms with van der Waals surface area (Å²) in [5.74, 6) is 0. The number of rotatable bonds is 10. The van der Waals surface area contributed by atoms with Gasteiger partial charge in [-0.05, 0) is 11.1 Å². The highest BCUT2D eigenvalue weighted by Crippen LogP contribution is 2.50. The van der Waals surface area contributed by atoms with E-state index in [-0.39, 0.29) is 26.4 Å². The van der Waals surface area contributed by atoms with E-state index in [1.165, 1.54) is 0 Å². The summed E-state index contributed by atoms with van der Waals surface area (Å²) in [4.78, 5) is 11.0. The molecule has 0 aliphatic heterocycles. The second-order valence-corrected chi connectivity index (χ2v) is 7.72. The van der Waals surface area contributed by atoms with Crippen molar-refractivity contribution in [3.63, 3.8) is 0 Å². The maximum absolute atomic E-state index is 12.8. The normalized spacial score (nSPS) is 11.3. The maximum atomic E-state index is 12.8. The van der Waals surface area contributed by atoms with Gasteiger partial charge in [-0.25, -0.2) is 9.36 Å². The average molecular weight is 414 g/mol. The highest BCUT2D eigenvalue weighted by atomic mass is 33.1. The molecule has 0 N–H and O–H groups in total. The van der Waals surface area contributed by atoms with Gasteiger partial charge in [0, 0.05) is 10.8 Å². The number of thiol groups is 1. The minimum Gasteiger partial charge on any atom is -0.455 e. The van der Waals surface area contributed by atoms with Gasteiger partial charge in [0.1, 0.15) is 6.61 Å². The standard InChI is InChI=1S/C17H19O6PS2/c18-17(26-25)20-11-12-21-24(19,22-13-15-7-3-1-4-8-15)23-14-16-9-5-2-6-10-16/h1-10,25H,11-14H2. The molecule has 0 aliphatic carbocycles. The van der Waals surface area contributed by atoms with Gasteiger partial charge in [-0.3, -0.25) is 13.6 Å². The molecule has 0 heterocycles. The van der Waals surface area contributed by atoms with Gasteiger partial charge in [-0.15, -0.1) is 0 Å². The van der Waals surface area contributed by atoms with Gasteiger partial charge in [0.2, 0.25) is 0 Å². The van der Waals surface area contributed by atoms with Crippen molar-refractivity contribution in [1.29, 1.82) is 0 Å². The molecule has 0 saturated heterocycles. The van der Waals surface area contributed by atoms with Crippen LogP contribution in [-0.4, -0.2) is 18.5 Å². The lowest BCUT2D eigenvalue weighted by Gasteiger charge is -2.18. The number of carbonyl (C=O) groups excluding carboxylic acids is 1. The number of phosphoric ester groups is 1. The molecule has 0 aromatic heterocycles. The quantitative estimate of drug-likeness (QED) is 0.187. The Morgan fingerprint density at radius 3 is 1.81 bits per heavy atom. The van der Waals surface area contributed by atoms with E-state index < -0.39 is 13.1 Å². The lowest BCUT2D eigenvalue weighted by atomic mass is 10.2. The van der Waals surface area contributed by atoms with Gasteiger partial charge >= 0.3 is 13.1 Å². The predicted molar refractivity (Wildman–Crippen MR) is 104 cm³/mol. The molecule has 0 amide bonds. The Morgan fingerprint density at radius 1 is 0.846 bits per heavy atom. The monoisotopic (exact) mass is 414 g/mol. The van der Waals surface area contributed by atoms with E-state index in [2.05, 4.69) is 11.7 Å². The molecule has 140 valence electrons. The molecule has 0 bridgehead atoms. The fourth-order valence-electron chi connectivity index (χ4n) is 1.87. The number of benzene rings is 2. The molecule has 0 radical (unpaired) electrons. The Labute approximate surface area is 161 Å². The second kappa shape index (κ2) is 11.4. The van der Waals surface area contributed by atoms with E-state index >= 15 is 0 Å². The SMILES string of the molecule is O=C(OCCOP(=O)(OCc1ccccc1)OCc1ccccc1)SS. The van der Waals surface area contributed by atoms with Crippen molar-refractivity contribution < 1.29 is 27.7 Å². The lowest BCUT2D eigenvalue weighted by molar-refractivity contribution is 0.0829. The van der Waals surface area contributed by atoms with Gasteiger partial charge in [-0.1, -0.05) is 72.3 Å². The molecule has 6 nitrogen and oxygen atoms in total. The fourth-order valence-corrected chi connectivity index (χ4v) is 3.30. The molecule has 0 aliphatic rings. The van der Waals surface area contributed by atoms with Gasteiger partial charge in [0.25, 0.3) is 0 Å². The van der Waals surface area contributed by atoms with Crippen molar-refractivity contribution in [2.24, 2.45) is 0 Å². The van der Waals surface area contributed by atoms with Crippen LogP contribution in [0.1, 0.15) is 11.1 Å². The van der Waals surface area contributed by atoms with E-state index in [0.29, 0.717) is 10.8 Å². The highest BCUT2D eigenvalue weighted by Gasteiger charge is 2.27. The summed E-state index contributed by atoms with van der Waals surface area (Å²) in [6.45, 7) is -0.0704. The molecular weight excluding hydrogens is 395 g/mol. The number of ether oxygens (including phenoxy) is 1. The molecule has 0 spiro atoms. The van der Waals surface area contributed by atoms with Crippen molar-refractivity contribution in [2.75, 3.05) is 13.2 Å². The highest BCUT2D eigenvalue weighted by molar-refractivity contribution is 8.74. The van der Waals surface area contributed by atoms with Crippen LogP contribution in [0.2, 0.25) is 0 Å². The Morgan fingerprint density at radius 2 is 1.35 bits per heavy atom. The molecule has 0 atom stereocenters. The average Bonchev–Trinajstić information content (AvgIpc) is 2.70. The minimum atomic E-state index is -3.84. The van der Waals surface area contributed by atoms with E-state index in [1.54, 1.807) is 0 Å². The molecule has 0 fully saturated rings. The summed E-state index contributed by atoms with van der Waals surface area (Å²) in [5, 5.41) is -0.567. The summed E-state index contributed by atoms with van der Waals surface area (Å²) in [7, 11) is -3.19. The first kappa shape index (κ1) is 21.0. The van der Waals surface area contributed by atoms with E-state index in [9.17, 15) is 9.36 Å². The largest absolute Gasteiger partial charge is 0.475 e. The third kappa shape index (κ3) is 7.95. The number of hydrogen-bond acceptors (Lipinski definition) is 8. The third-order valence-corrected chi connectivity index (χ3v) is 5.20. The van der Waals surface area contributed by atoms with Crippen molar-refractivity contribution in [2.45, 2.75) is 13.2 Å². The first-order chi connectivity index (χ1) is 12.6. The molecule has 0 unspecified atom stereocenters. The van der Waals surface area contributed by atoms with Crippen LogP contribution in [0.25, 0.3) is 0 Å². The van der Waals surface area contributed by atoms with Crippen LogP contribution < -0.4 is 0 Å². The maximum Gasteiger partial charge on any atom is 0.475 e. The van der Waals surface area contributed by atoms with Gasteiger partial charge in [0.15, 0.2) is 0 Å². The molecule has 2 aromatic rings. The number of carbonyl (C=O) groups is 1.